The average molecular weight is 264 g/mol. The van der Waals surface area contributed by atoms with Gasteiger partial charge in [-0.2, -0.15) is 0 Å². The summed E-state index contributed by atoms with van der Waals surface area (Å²) in [5.74, 6) is 0.599. The van der Waals surface area contributed by atoms with E-state index >= 15 is 0 Å². The third-order valence-electron chi connectivity index (χ3n) is 4.03. The van der Waals surface area contributed by atoms with Crippen LogP contribution in [0, 0.1) is 11.7 Å². The number of halogens is 1. The Bertz CT molecular complexity index is 375. The monoisotopic (exact) mass is 264 g/mol. The molecule has 1 fully saturated rings. The molecule has 1 aromatic carbocycles. The topological polar surface area (TPSA) is 29.3 Å². The number of hydrogen-bond donors (Lipinski definition) is 1. The molecule has 0 radical (unpaired) electrons. The van der Waals surface area contributed by atoms with Gasteiger partial charge < -0.3 is 10.6 Å². The van der Waals surface area contributed by atoms with Crippen LogP contribution in [0.5, 0.6) is 0 Å². The summed E-state index contributed by atoms with van der Waals surface area (Å²) in [6.45, 7) is 2.49. The second kappa shape index (κ2) is 7.49. The second-order valence-corrected chi connectivity index (χ2v) is 5.54. The van der Waals surface area contributed by atoms with Crippen LogP contribution in [0.1, 0.15) is 38.5 Å². The third-order valence-corrected chi connectivity index (χ3v) is 4.03. The molecule has 1 aromatic rings. The molecule has 0 heterocycles. The number of hydrogen-bond acceptors (Lipinski definition) is 2. The van der Waals surface area contributed by atoms with Gasteiger partial charge in [0.15, 0.2) is 0 Å². The van der Waals surface area contributed by atoms with Crippen molar-refractivity contribution in [1.82, 2.24) is 0 Å². The highest BCUT2D eigenvalue weighted by Crippen LogP contribution is 2.27. The van der Waals surface area contributed by atoms with E-state index in [1.165, 1.54) is 32.1 Å². The molecule has 3 heteroatoms. The van der Waals surface area contributed by atoms with Gasteiger partial charge in [0.25, 0.3) is 0 Å². The Hall–Kier alpha value is -1.09. The fraction of sp³-hybridized carbons (Fsp3) is 0.625. The molecular formula is C16H25FN2. The molecule has 1 saturated carbocycles. The number of rotatable bonds is 6. The first-order chi connectivity index (χ1) is 9.31. The van der Waals surface area contributed by atoms with Crippen molar-refractivity contribution in [2.24, 2.45) is 11.7 Å². The maximum atomic E-state index is 13.9. The van der Waals surface area contributed by atoms with E-state index in [0.717, 1.165) is 25.2 Å². The Morgan fingerprint density at radius 3 is 2.58 bits per heavy atom. The van der Waals surface area contributed by atoms with Crippen LogP contribution in [0.25, 0.3) is 0 Å². The van der Waals surface area contributed by atoms with Crippen molar-refractivity contribution in [2.45, 2.75) is 38.5 Å². The molecule has 19 heavy (non-hydrogen) atoms. The molecule has 2 rings (SSSR count). The van der Waals surface area contributed by atoms with Crippen LogP contribution in [0.4, 0.5) is 10.1 Å². The van der Waals surface area contributed by atoms with Gasteiger partial charge in [-0.3, -0.25) is 0 Å². The fourth-order valence-electron chi connectivity index (χ4n) is 2.98. The predicted molar refractivity (Wildman–Crippen MR) is 78.9 cm³/mol. The summed E-state index contributed by atoms with van der Waals surface area (Å²) in [4.78, 5) is 2.19. The number of nitrogens with two attached hydrogens (primary N) is 1. The Kier molecular flexibility index (Phi) is 5.64. The van der Waals surface area contributed by atoms with E-state index in [9.17, 15) is 4.39 Å². The van der Waals surface area contributed by atoms with Crippen molar-refractivity contribution in [2.75, 3.05) is 24.5 Å². The van der Waals surface area contributed by atoms with Crippen molar-refractivity contribution in [3.05, 3.63) is 30.1 Å². The van der Waals surface area contributed by atoms with Gasteiger partial charge in [0, 0.05) is 13.1 Å². The third kappa shape index (κ3) is 4.20. The zero-order chi connectivity index (χ0) is 13.5. The van der Waals surface area contributed by atoms with Gasteiger partial charge in [-0.1, -0.05) is 31.4 Å². The van der Waals surface area contributed by atoms with Gasteiger partial charge in [0.05, 0.1) is 5.69 Å². The van der Waals surface area contributed by atoms with Crippen LogP contribution < -0.4 is 10.6 Å². The highest BCUT2D eigenvalue weighted by molar-refractivity contribution is 5.47. The van der Waals surface area contributed by atoms with Crippen molar-refractivity contribution < 1.29 is 4.39 Å². The normalized spacial score (nSPS) is 16.5. The van der Waals surface area contributed by atoms with Crippen molar-refractivity contribution in [1.29, 1.82) is 0 Å². The summed E-state index contributed by atoms with van der Waals surface area (Å²) in [7, 11) is 0. The van der Waals surface area contributed by atoms with Gasteiger partial charge in [0.2, 0.25) is 0 Å². The molecule has 2 N–H and O–H groups in total. The smallest absolute Gasteiger partial charge is 0.146 e. The van der Waals surface area contributed by atoms with Gasteiger partial charge >= 0.3 is 0 Å². The molecule has 0 atom stereocenters. The highest BCUT2D eigenvalue weighted by atomic mass is 19.1. The van der Waals surface area contributed by atoms with Crippen molar-refractivity contribution >= 4 is 5.69 Å². The zero-order valence-electron chi connectivity index (χ0n) is 11.7. The van der Waals surface area contributed by atoms with Crippen LogP contribution >= 0.6 is 0 Å². The van der Waals surface area contributed by atoms with Crippen LogP contribution in [0.15, 0.2) is 24.3 Å². The van der Waals surface area contributed by atoms with Gasteiger partial charge in [0.1, 0.15) is 5.82 Å². The summed E-state index contributed by atoms with van der Waals surface area (Å²) in [5, 5.41) is 0. The lowest BCUT2D eigenvalue weighted by atomic mass is 9.89. The Labute approximate surface area is 115 Å². The molecule has 0 amide bonds. The predicted octanol–water partition coefficient (Wildman–Crippen LogP) is 3.56. The standard InChI is InChI=1S/C16H25FN2/c17-15-9-4-5-10-16(15)19(12-6-11-18)13-14-7-2-1-3-8-14/h4-5,9-10,14H,1-3,6-8,11-13,18H2. The molecule has 1 aliphatic rings. The van der Waals surface area contributed by atoms with Crippen molar-refractivity contribution in [3.63, 3.8) is 0 Å². The lowest BCUT2D eigenvalue weighted by molar-refractivity contribution is 0.357. The van der Waals surface area contributed by atoms with Crippen LogP contribution in [-0.2, 0) is 0 Å². The van der Waals surface area contributed by atoms with E-state index in [0.29, 0.717) is 12.5 Å². The summed E-state index contributed by atoms with van der Waals surface area (Å²) < 4.78 is 13.9. The van der Waals surface area contributed by atoms with Crippen LogP contribution in [-0.4, -0.2) is 19.6 Å². The van der Waals surface area contributed by atoms with E-state index in [1.807, 2.05) is 12.1 Å². The summed E-state index contributed by atoms with van der Waals surface area (Å²) in [5.41, 5.74) is 6.34. The number of para-hydroxylation sites is 1. The highest BCUT2D eigenvalue weighted by Gasteiger charge is 2.19. The Morgan fingerprint density at radius 2 is 1.89 bits per heavy atom. The summed E-state index contributed by atoms with van der Waals surface area (Å²) in [6, 6.07) is 7.09. The number of benzene rings is 1. The molecular weight excluding hydrogens is 239 g/mol. The molecule has 1 aliphatic carbocycles. The second-order valence-electron chi connectivity index (χ2n) is 5.54. The molecule has 0 aliphatic heterocycles. The minimum absolute atomic E-state index is 0.115. The van der Waals surface area contributed by atoms with Crippen LogP contribution in [0.2, 0.25) is 0 Å². The number of anilines is 1. The van der Waals surface area contributed by atoms with Crippen LogP contribution in [0.3, 0.4) is 0 Å². The lowest BCUT2D eigenvalue weighted by Crippen LogP contribution is -2.33. The zero-order valence-corrected chi connectivity index (χ0v) is 11.7. The maximum absolute atomic E-state index is 13.9. The molecule has 0 saturated heterocycles. The Balaban J connectivity index is 2.04. The van der Waals surface area contributed by atoms with Gasteiger partial charge in [-0.25, -0.2) is 4.39 Å². The molecule has 0 bridgehead atoms. The van der Waals surface area contributed by atoms with E-state index < -0.39 is 0 Å². The van der Waals surface area contributed by atoms with E-state index in [4.69, 9.17) is 5.73 Å². The molecule has 2 nitrogen and oxygen atoms in total. The summed E-state index contributed by atoms with van der Waals surface area (Å²) >= 11 is 0. The minimum atomic E-state index is -0.115. The maximum Gasteiger partial charge on any atom is 0.146 e. The first kappa shape index (κ1) is 14.3. The van der Waals surface area contributed by atoms with E-state index in [2.05, 4.69) is 4.90 Å². The number of nitrogens with zero attached hydrogens (tertiary/aromatic N) is 1. The van der Waals surface area contributed by atoms with Crippen molar-refractivity contribution in [3.8, 4) is 0 Å². The van der Waals surface area contributed by atoms with E-state index in [-0.39, 0.29) is 5.82 Å². The first-order valence-electron chi connectivity index (χ1n) is 7.51. The molecule has 0 spiro atoms. The lowest BCUT2D eigenvalue weighted by Gasteiger charge is -2.31. The molecule has 0 unspecified atom stereocenters. The summed E-state index contributed by atoms with van der Waals surface area (Å²) in [6.07, 6.45) is 7.50. The largest absolute Gasteiger partial charge is 0.369 e. The first-order valence-corrected chi connectivity index (χ1v) is 7.51. The van der Waals surface area contributed by atoms with Gasteiger partial charge in [-0.15, -0.1) is 0 Å². The Morgan fingerprint density at radius 1 is 1.16 bits per heavy atom. The van der Waals surface area contributed by atoms with E-state index in [1.54, 1.807) is 12.1 Å². The SMILES string of the molecule is NCCCN(CC1CCCCC1)c1ccccc1F. The molecule has 0 aromatic heterocycles. The minimum Gasteiger partial charge on any atom is -0.369 e. The fourth-order valence-corrected chi connectivity index (χ4v) is 2.98. The van der Waals surface area contributed by atoms with Gasteiger partial charge in [-0.05, 0) is 43.9 Å². The average Bonchev–Trinajstić information content (AvgIpc) is 2.45. The quantitative estimate of drug-likeness (QED) is 0.851. The molecule has 106 valence electrons.